The number of methoxy groups -OCH3 is 1. The predicted molar refractivity (Wildman–Crippen MR) is 123 cm³/mol. The molecule has 0 aliphatic rings. The highest BCUT2D eigenvalue weighted by atomic mass is 19.1. The van der Waals surface area contributed by atoms with Gasteiger partial charge in [0.1, 0.15) is 17.1 Å². The quantitative estimate of drug-likeness (QED) is 0.427. The van der Waals surface area contributed by atoms with Gasteiger partial charge in [-0.15, -0.1) is 0 Å². The summed E-state index contributed by atoms with van der Waals surface area (Å²) in [5.41, 5.74) is 3.07. The number of unbranched alkanes of at least 4 members (excludes halogenated alkanes) is 1. The summed E-state index contributed by atoms with van der Waals surface area (Å²) in [6.07, 6.45) is 3.57. The molecule has 4 aromatic rings. The lowest BCUT2D eigenvalue weighted by Gasteiger charge is -2.07. The van der Waals surface area contributed by atoms with Crippen molar-refractivity contribution in [3.05, 3.63) is 82.2 Å². The van der Waals surface area contributed by atoms with Crippen LogP contribution in [0.5, 0.6) is 5.75 Å². The van der Waals surface area contributed by atoms with Crippen molar-refractivity contribution >= 4 is 17.1 Å². The molecule has 8 heteroatoms. The number of ether oxygens (including phenoxy) is 1. The number of anilines is 1. The lowest BCUT2D eigenvalue weighted by molar-refractivity contribution is 0.414. The largest absolute Gasteiger partial charge is 0.497 e. The van der Waals surface area contributed by atoms with Gasteiger partial charge in [0.2, 0.25) is 5.95 Å². The molecule has 0 atom stereocenters. The minimum Gasteiger partial charge on any atom is -0.497 e. The molecule has 2 aromatic carbocycles. The number of rotatable bonds is 9. The summed E-state index contributed by atoms with van der Waals surface area (Å²) in [6, 6.07) is 13.9. The smallest absolute Gasteiger partial charge is 0.330 e. The first-order valence-corrected chi connectivity index (χ1v) is 10.7. The molecule has 2 heterocycles. The maximum Gasteiger partial charge on any atom is 0.330 e. The van der Waals surface area contributed by atoms with Crippen LogP contribution in [0.25, 0.3) is 11.2 Å². The Morgan fingerprint density at radius 3 is 2.44 bits per heavy atom. The van der Waals surface area contributed by atoms with Crippen LogP contribution in [0.1, 0.15) is 30.9 Å². The molecule has 0 unspecified atom stereocenters. The Hall–Kier alpha value is -3.68. The third-order valence-corrected chi connectivity index (χ3v) is 5.36. The van der Waals surface area contributed by atoms with Gasteiger partial charge in [-0.05, 0) is 41.8 Å². The average molecular weight is 436 g/mol. The van der Waals surface area contributed by atoms with Crippen molar-refractivity contribution < 1.29 is 9.13 Å². The molecule has 0 spiro atoms. The maximum absolute atomic E-state index is 13.2. The van der Waals surface area contributed by atoms with Gasteiger partial charge in [-0.3, -0.25) is 9.13 Å². The lowest BCUT2D eigenvalue weighted by atomic mass is 10.2. The minimum atomic E-state index is -0.276. The fourth-order valence-electron chi connectivity index (χ4n) is 3.55. The highest BCUT2D eigenvalue weighted by Gasteiger charge is 2.16. The molecule has 0 fully saturated rings. The van der Waals surface area contributed by atoms with Gasteiger partial charge >= 0.3 is 5.69 Å². The number of hydrogen-bond acceptors (Lipinski definition) is 5. The number of nitrogens with zero attached hydrogens (tertiary/aromatic N) is 4. The Balaban J connectivity index is 1.67. The molecule has 7 nitrogen and oxygen atoms in total. The summed E-state index contributed by atoms with van der Waals surface area (Å²) in [5.74, 6) is 0.904. The standard InChI is InChI=1S/C24H26FN5O2/c1-3-4-13-29-21-15-27-23(26-14-17-5-9-19(25)10-6-17)28-22(21)30(24(29)31)16-18-7-11-20(32-2)12-8-18/h5-12,15H,3-4,13-14,16H2,1-2H3,(H,26,27,28). The summed E-state index contributed by atoms with van der Waals surface area (Å²) in [4.78, 5) is 22.3. The fraction of sp³-hybridized carbons (Fsp3) is 0.292. The zero-order chi connectivity index (χ0) is 22.5. The van der Waals surface area contributed by atoms with Crippen LogP contribution in [0, 0.1) is 5.82 Å². The van der Waals surface area contributed by atoms with Gasteiger partial charge in [0.25, 0.3) is 0 Å². The van der Waals surface area contributed by atoms with Crippen molar-refractivity contribution in [3.63, 3.8) is 0 Å². The van der Waals surface area contributed by atoms with Crippen molar-refractivity contribution in [1.29, 1.82) is 0 Å². The van der Waals surface area contributed by atoms with Crippen molar-refractivity contribution in [2.75, 3.05) is 12.4 Å². The van der Waals surface area contributed by atoms with Gasteiger partial charge in [-0.2, -0.15) is 4.98 Å². The molecule has 2 aromatic heterocycles. The molecular formula is C24H26FN5O2. The molecule has 166 valence electrons. The van der Waals surface area contributed by atoms with Crippen molar-refractivity contribution in [3.8, 4) is 5.75 Å². The van der Waals surface area contributed by atoms with Crippen LogP contribution < -0.4 is 15.7 Å². The predicted octanol–water partition coefficient (Wildman–Crippen LogP) is 4.20. The number of imidazole rings is 1. The van der Waals surface area contributed by atoms with Crippen LogP contribution in [0.3, 0.4) is 0 Å². The van der Waals surface area contributed by atoms with Gasteiger partial charge in [-0.25, -0.2) is 14.2 Å². The van der Waals surface area contributed by atoms with E-state index in [9.17, 15) is 9.18 Å². The molecule has 0 aliphatic carbocycles. The van der Waals surface area contributed by atoms with E-state index in [0.717, 1.165) is 29.7 Å². The van der Waals surface area contributed by atoms with E-state index in [-0.39, 0.29) is 11.5 Å². The molecule has 0 saturated carbocycles. The molecule has 0 amide bonds. The van der Waals surface area contributed by atoms with Gasteiger partial charge < -0.3 is 10.1 Å². The summed E-state index contributed by atoms with van der Waals surface area (Å²) in [5, 5.41) is 3.16. The SMILES string of the molecule is CCCCn1c(=O)n(Cc2ccc(OC)cc2)c2nc(NCc3ccc(F)cc3)ncc21. The van der Waals surface area contributed by atoms with Gasteiger partial charge in [0, 0.05) is 13.1 Å². The van der Waals surface area contributed by atoms with Crippen molar-refractivity contribution in [2.45, 2.75) is 39.4 Å². The Bertz CT molecular complexity index is 1250. The maximum atomic E-state index is 13.2. The third-order valence-electron chi connectivity index (χ3n) is 5.36. The third kappa shape index (κ3) is 4.64. The second kappa shape index (κ2) is 9.64. The van der Waals surface area contributed by atoms with Gasteiger partial charge in [0.15, 0.2) is 5.65 Å². The van der Waals surface area contributed by atoms with Crippen LogP contribution in [-0.4, -0.2) is 26.2 Å². The molecule has 4 rings (SSSR count). The zero-order valence-electron chi connectivity index (χ0n) is 18.2. The van der Waals surface area contributed by atoms with Crippen LogP contribution in [0.4, 0.5) is 10.3 Å². The molecule has 1 N–H and O–H groups in total. The molecular weight excluding hydrogens is 409 g/mol. The molecule has 32 heavy (non-hydrogen) atoms. The highest BCUT2D eigenvalue weighted by molar-refractivity contribution is 5.72. The van der Waals surface area contributed by atoms with Crippen molar-refractivity contribution in [1.82, 2.24) is 19.1 Å². The number of hydrogen-bond donors (Lipinski definition) is 1. The van der Waals surface area contributed by atoms with Crippen LogP contribution >= 0.6 is 0 Å². The second-order valence-electron chi connectivity index (χ2n) is 7.60. The van der Waals surface area contributed by atoms with E-state index in [1.807, 2.05) is 24.3 Å². The van der Waals surface area contributed by atoms with E-state index >= 15 is 0 Å². The molecule has 0 aliphatic heterocycles. The Kier molecular flexibility index (Phi) is 6.49. The monoisotopic (exact) mass is 435 g/mol. The summed E-state index contributed by atoms with van der Waals surface area (Å²) in [6.45, 7) is 3.56. The second-order valence-corrected chi connectivity index (χ2v) is 7.60. The summed E-state index contributed by atoms with van der Waals surface area (Å²) in [7, 11) is 1.62. The van der Waals surface area contributed by atoms with Crippen LogP contribution in [0.2, 0.25) is 0 Å². The Labute approximate surface area is 185 Å². The zero-order valence-corrected chi connectivity index (χ0v) is 18.2. The fourth-order valence-corrected chi connectivity index (χ4v) is 3.55. The molecule has 0 bridgehead atoms. The Morgan fingerprint density at radius 2 is 1.75 bits per heavy atom. The van der Waals surface area contributed by atoms with Gasteiger partial charge in [0.05, 0.1) is 19.9 Å². The van der Waals surface area contributed by atoms with E-state index in [4.69, 9.17) is 4.74 Å². The minimum absolute atomic E-state index is 0.103. The average Bonchev–Trinajstić information content (AvgIpc) is 3.08. The topological polar surface area (TPSA) is 74.0 Å². The van der Waals surface area contributed by atoms with Crippen LogP contribution in [-0.2, 0) is 19.6 Å². The number of fused-ring (bicyclic) bond motifs is 1. The first-order chi connectivity index (χ1) is 15.6. The molecule has 0 radical (unpaired) electrons. The van der Waals surface area contributed by atoms with E-state index < -0.39 is 0 Å². The van der Waals surface area contributed by atoms with E-state index in [1.165, 1.54) is 12.1 Å². The number of benzene rings is 2. The number of aromatic nitrogens is 4. The number of nitrogens with one attached hydrogen (secondary N) is 1. The summed E-state index contributed by atoms with van der Waals surface area (Å²) >= 11 is 0. The van der Waals surface area contributed by atoms with Crippen LogP contribution in [0.15, 0.2) is 59.5 Å². The number of halogens is 1. The first kappa shape index (κ1) is 21.5. The van der Waals surface area contributed by atoms with Crippen molar-refractivity contribution in [2.24, 2.45) is 0 Å². The Morgan fingerprint density at radius 1 is 1.03 bits per heavy atom. The van der Waals surface area contributed by atoms with E-state index in [2.05, 4.69) is 22.2 Å². The normalized spacial score (nSPS) is 11.1. The molecule has 0 saturated heterocycles. The van der Waals surface area contributed by atoms with Gasteiger partial charge in [-0.1, -0.05) is 37.6 Å². The van der Waals surface area contributed by atoms with E-state index in [0.29, 0.717) is 36.7 Å². The lowest BCUT2D eigenvalue weighted by Crippen LogP contribution is -2.25. The number of aryl methyl sites for hydroxylation is 1. The first-order valence-electron chi connectivity index (χ1n) is 10.7. The van der Waals surface area contributed by atoms with E-state index in [1.54, 1.807) is 34.6 Å². The highest BCUT2D eigenvalue weighted by Crippen LogP contribution is 2.17. The summed E-state index contributed by atoms with van der Waals surface area (Å²) < 4.78 is 21.8.